The molecule has 108 valence electrons. The van der Waals surface area contributed by atoms with Gasteiger partial charge in [-0.25, -0.2) is 0 Å². The van der Waals surface area contributed by atoms with Crippen molar-refractivity contribution < 1.29 is 5.11 Å². The van der Waals surface area contributed by atoms with E-state index in [0.29, 0.717) is 12.1 Å². The zero-order valence-corrected chi connectivity index (χ0v) is 12.0. The van der Waals surface area contributed by atoms with Gasteiger partial charge in [-0.05, 0) is 46.7 Å². The predicted molar refractivity (Wildman–Crippen MR) is 86.6 cm³/mol. The van der Waals surface area contributed by atoms with Crippen molar-refractivity contribution in [3.05, 3.63) is 89.1 Å². The average Bonchev–Trinajstić information content (AvgIpc) is 2.62. The Labute approximate surface area is 129 Å². The summed E-state index contributed by atoms with van der Waals surface area (Å²) in [4.78, 5) is 0. The van der Waals surface area contributed by atoms with Gasteiger partial charge in [0.1, 0.15) is 6.10 Å². The first kappa shape index (κ1) is 14.1. The smallest absolute Gasteiger partial charge is 0.103 e. The van der Waals surface area contributed by atoms with E-state index in [1.165, 1.54) is 0 Å². The molecule has 2 aromatic carbocycles. The van der Waals surface area contributed by atoms with Gasteiger partial charge >= 0.3 is 0 Å². The molecule has 1 atom stereocenters. The molecule has 1 unspecified atom stereocenters. The van der Waals surface area contributed by atoms with Crippen molar-refractivity contribution in [3.8, 4) is 6.07 Å². The van der Waals surface area contributed by atoms with Gasteiger partial charge in [-0.3, -0.25) is 0 Å². The lowest BCUT2D eigenvalue weighted by Gasteiger charge is -2.22. The van der Waals surface area contributed by atoms with Crippen LogP contribution in [-0.4, -0.2) is 11.7 Å². The second-order valence-corrected chi connectivity index (χ2v) is 5.16. The lowest BCUT2D eigenvalue weighted by molar-refractivity contribution is 0.213. The van der Waals surface area contributed by atoms with E-state index in [1.54, 1.807) is 6.07 Å². The Morgan fingerprint density at radius 2 is 1.91 bits per heavy atom. The molecule has 1 aliphatic heterocycles. The molecule has 0 bridgehead atoms. The van der Waals surface area contributed by atoms with Crippen LogP contribution in [0.4, 0.5) is 0 Å². The molecule has 0 saturated carbocycles. The van der Waals surface area contributed by atoms with Gasteiger partial charge in [0.25, 0.3) is 0 Å². The Morgan fingerprint density at radius 1 is 1.09 bits per heavy atom. The molecule has 3 heteroatoms. The van der Waals surface area contributed by atoms with Crippen LogP contribution < -0.4 is 5.32 Å². The highest BCUT2D eigenvalue weighted by atomic mass is 16.3. The number of allylic oxidation sites excluding steroid dienone is 2. The summed E-state index contributed by atoms with van der Waals surface area (Å²) >= 11 is 0. The fourth-order valence-corrected chi connectivity index (χ4v) is 2.63. The summed E-state index contributed by atoms with van der Waals surface area (Å²) in [5, 5.41) is 22.9. The molecular weight excluding hydrogens is 272 g/mol. The average molecular weight is 288 g/mol. The maximum absolute atomic E-state index is 10.7. The second-order valence-electron chi connectivity index (χ2n) is 5.16. The molecule has 3 nitrogen and oxygen atoms in total. The van der Waals surface area contributed by atoms with Gasteiger partial charge in [-0.2, -0.15) is 5.26 Å². The molecule has 0 aliphatic carbocycles. The van der Waals surface area contributed by atoms with E-state index in [2.05, 4.69) is 11.4 Å². The number of nitriles is 1. The molecule has 1 aliphatic rings. The Morgan fingerprint density at radius 3 is 2.68 bits per heavy atom. The zero-order valence-electron chi connectivity index (χ0n) is 12.0. The van der Waals surface area contributed by atoms with Crippen LogP contribution >= 0.6 is 0 Å². The number of hydrogen-bond acceptors (Lipinski definition) is 3. The highest BCUT2D eigenvalue weighted by Gasteiger charge is 2.19. The van der Waals surface area contributed by atoms with Crippen molar-refractivity contribution in [1.29, 1.82) is 5.26 Å². The Hall–Kier alpha value is -2.83. The number of benzene rings is 2. The molecule has 0 fully saturated rings. The van der Waals surface area contributed by atoms with Crippen LogP contribution in [0.5, 0.6) is 0 Å². The third-order valence-corrected chi connectivity index (χ3v) is 3.75. The van der Waals surface area contributed by atoms with Gasteiger partial charge in [0, 0.05) is 6.54 Å². The highest BCUT2D eigenvalue weighted by Crippen LogP contribution is 2.31. The minimum Gasteiger partial charge on any atom is -0.387 e. The van der Waals surface area contributed by atoms with E-state index in [9.17, 15) is 5.11 Å². The van der Waals surface area contributed by atoms with Crippen LogP contribution in [-0.2, 0) is 0 Å². The summed E-state index contributed by atoms with van der Waals surface area (Å²) in [6.07, 6.45) is 3.15. The zero-order chi connectivity index (χ0) is 15.4. The standard InChI is InChI=1S/C19H16N2O/c20-12-14-5-4-8-16(11-14)17-9-10-21-13-18(17)19(22)15-6-2-1-3-7-15/h1-11,19,21-22H,13H2. The third-order valence-electron chi connectivity index (χ3n) is 3.75. The van der Waals surface area contributed by atoms with Crippen LogP contribution in [0.15, 0.2) is 72.4 Å². The van der Waals surface area contributed by atoms with E-state index in [4.69, 9.17) is 5.26 Å². The number of nitrogens with zero attached hydrogens (tertiary/aromatic N) is 1. The predicted octanol–water partition coefficient (Wildman–Crippen LogP) is 3.16. The topological polar surface area (TPSA) is 56.0 Å². The minimum atomic E-state index is -0.667. The first-order valence-corrected chi connectivity index (χ1v) is 7.16. The summed E-state index contributed by atoms with van der Waals surface area (Å²) in [6.45, 7) is 0.582. The SMILES string of the molecule is N#Cc1cccc(C2=C(C(O)c3ccccc3)CNC=C2)c1. The van der Waals surface area contributed by atoms with Crippen LogP contribution in [0.2, 0.25) is 0 Å². The van der Waals surface area contributed by atoms with Crippen LogP contribution in [0.25, 0.3) is 5.57 Å². The van der Waals surface area contributed by atoms with Gasteiger partial charge in [-0.1, -0.05) is 42.5 Å². The quantitative estimate of drug-likeness (QED) is 0.912. The van der Waals surface area contributed by atoms with Gasteiger partial charge in [0.05, 0.1) is 11.6 Å². The molecule has 3 rings (SSSR count). The molecule has 0 aromatic heterocycles. The number of dihydropyridines is 1. The van der Waals surface area contributed by atoms with Crippen molar-refractivity contribution >= 4 is 5.57 Å². The van der Waals surface area contributed by atoms with Gasteiger partial charge < -0.3 is 10.4 Å². The number of aliphatic hydroxyl groups is 1. The molecule has 22 heavy (non-hydrogen) atoms. The van der Waals surface area contributed by atoms with Crippen LogP contribution in [0.1, 0.15) is 22.8 Å². The lowest BCUT2D eigenvalue weighted by Crippen LogP contribution is -2.20. The Kier molecular flexibility index (Phi) is 4.04. The lowest BCUT2D eigenvalue weighted by atomic mass is 9.90. The fraction of sp³-hybridized carbons (Fsp3) is 0.105. The highest BCUT2D eigenvalue weighted by molar-refractivity contribution is 5.79. The summed E-state index contributed by atoms with van der Waals surface area (Å²) in [5.74, 6) is 0. The first-order valence-electron chi connectivity index (χ1n) is 7.16. The Balaban J connectivity index is 2.07. The van der Waals surface area contributed by atoms with Crippen molar-refractivity contribution in [3.63, 3.8) is 0 Å². The van der Waals surface area contributed by atoms with Crippen molar-refractivity contribution in [1.82, 2.24) is 5.32 Å². The summed E-state index contributed by atoms with van der Waals surface area (Å²) in [7, 11) is 0. The van der Waals surface area contributed by atoms with E-state index in [1.807, 2.05) is 60.8 Å². The first-order chi connectivity index (χ1) is 10.8. The van der Waals surface area contributed by atoms with E-state index in [0.717, 1.165) is 22.3 Å². The molecule has 1 heterocycles. The molecule has 2 N–H and O–H groups in total. The number of rotatable bonds is 3. The third kappa shape index (κ3) is 2.78. The van der Waals surface area contributed by atoms with E-state index >= 15 is 0 Å². The normalized spacial score (nSPS) is 15.1. The fourth-order valence-electron chi connectivity index (χ4n) is 2.63. The molecule has 0 radical (unpaired) electrons. The van der Waals surface area contributed by atoms with Gasteiger partial charge in [0.2, 0.25) is 0 Å². The van der Waals surface area contributed by atoms with Crippen LogP contribution in [0.3, 0.4) is 0 Å². The molecular formula is C19H16N2O. The monoisotopic (exact) mass is 288 g/mol. The molecule has 0 spiro atoms. The number of aliphatic hydroxyl groups excluding tert-OH is 1. The molecule has 2 aromatic rings. The summed E-state index contributed by atoms with van der Waals surface area (Å²) < 4.78 is 0. The maximum Gasteiger partial charge on any atom is 0.103 e. The van der Waals surface area contributed by atoms with Crippen LogP contribution in [0, 0.1) is 11.3 Å². The Bertz CT molecular complexity index is 770. The molecule has 0 amide bonds. The molecule has 0 saturated heterocycles. The minimum absolute atomic E-state index is 0.582. The van der Waals surface area contributed by atoms with Gasteiger partial charge in [-0.15, -0.1) is 0 Å². The summed E-state index contributed by atoms with van der Waals surface area (Å²) in [5.41, 5.74) is 4.30. The maximum atomic E-state index is 10.7. The number of nitrogens with one attached hydrogen (secondary N) is 1. The van der Waals surface area contributed by atoms with Gasteiger partial charge in [0.15, 0.2) is 0 Å². The van der Waals surface area contributed by atoms with E-state index < -0.39 is 6.10 Å². The van der Waals surface area contributed by atoms with Crippen molar-refractivity contribution in [2.24, 2.45) is 0 Å². The van der Waals surface area contributed by atoms with Crippen molar-refractivity contribution in [2.75, 3.05) is 6.54 Å². The van der Waals surface area contributed by atoms with E-state index in [-0.39, 0.29) is 0 Å². The number of hydrogen-bond donors (Lipinski definition) is 2. The second kappa shape index (κ2) is 6.30. The summed E-state index contributed by atoms with van der Waals surface area (Å²) in [6, 6.07) is 19.2. The largest absolute Gasteiger partial charge is 0.387 e. The van der Waals surface area contributed by atoms with Crippen molar-refractivity contribution in [2.45, 2.75) is 6.10 Å².